The van der Waals surface area contributed by atoms with Crippen molar-refractivity contribution >= 4 is 23.0 Å². The molecule has 7 nitrogen and oxygen atoms in total. The van der Waals surface area contributed by atoms with Crippen LogP contribution in [-0.2, 0) is 6.54 Å². The fourth-order valence-corrected chi connectivity index (χ4v) is 3.13. The third-order valence-corrected chi connectivity index (χ3v) is 4.89. The molecule has 3 heterocycles. The number of benzene rings is 1. The average molecular weight is 399 g/mol. The number of hydrogen-bond acceptors (Lipinski definition) is 4. The first kappa shape index (κ1) is 19.3. The lowest BCUT2D eigenvalue weighted by atomic mass is 10.1. The number of imidazole rings is 1. The number of pyridine rings is 2. The summed E-state index contributed by atoms with van der Waals surface area (Å²) in [6.45, 7) is 4.27. The number of anilines is 1. The second-order valence-electron chi connectivity index (χ2n) is 7.00. The Labute approximate surface area is 173 Å². The lowest BCUT2D eigenvalue weighted by molar-refractivity contribution is 0.0947. The van der Waals surface area contributed by atoms with E-state index in [2.05, 4.69) is 20.6 Å². The van der Waals surface area contributed by atoms with Crippen LogP contribution in [0.3, 0.4) is 0 Å². The van der Waals surface area contributed by atoms with Gasteiger partial charge in [0.15, 0.2) is 5.69 Å². The van der Waals surface area contributed by atoms with Crippen LogP contribution in [0, 0.1) is 13.8 Å². The van der Waals surface area contributed by atoms with Crippen LogP contribution in [0.4, 0.5) is 5.69 Å². The smallest absolute Gasteiger partial charge is 0.292 e. The number of carbonyl (C=O) groups is 2. The predicted molar refractivity (Wildman–Crippen MR) is 114 cm³/mol. The summed E-state index contributed by atoms with van der Waals surface area (Å²) in [5.41, 5.74) is 4.39. The topological polar surface area (TPSA) is 88.4 Å². The molecule has 0 unspecified atom stereocenters. The van der Waals surface area contributed by atoms with Gasteiger partial charge in [0, 0.05) is 18.1 Å². The van der Waals surface area contributed by atoms with Crippen molar-refractivity contribution in [2.75, 3.05) is 5.32 Å². The Balaban J connectivity index is 1.60. The van der Waals surface area contributed by atoms with Gasteiger partial charge in [0.1, 0.15) is 0 Å². The number of nitrogens with zero attached hydrogens (tertiary/aromatic N) is 3. The van der Waals surface area contributed by atoms with Crippen molar-refractivity contribution in [3.8, 4) is 0 Å². The molecule has 0 bridgehead atoms. The molecular formula is C23H21N5O2. The number of aryl methyl sites for hydroxylation is 2. The minimum Gasteiger partial charge on any atom is -0.345 e. The van der Waals surface area contributed by atoms with Crippen LogP contribution in [0.25, 0.3) is 5.52 Å². The molecule has 0 aliphatic carbocycles. The fourth-order valence-electron chi connectivity index (χ4n) is 3.13. The van der Waals surface area contributed by atoms with Gasteiger partial charge in [-0.1, -0.05) is 18.2 Å². The summed E-state index contributed by atoms with van der Waals surface area (Å²) in [5, 5.41) is 5.68. The molecule has 2 amide bonds. The van der Waals surface area contributed by atoms with Crippen LogP contribution >= 0.6 is 0 Å². The zero-order valence-electron chi connectivity index (χ0n) is 16.7. The minimum absolute atomic E-state index is 0.145. The molecule has 0 radical (unpaired) electrons. The Hall–Kier alpha value is -4.00. The highest BCUT2D eigenvalue weighted by Gasteiger charge is 2.21. The molecule has 0 spiro atoms. The molecule has 4 aromatic rings. The van der Waals surface area contributed by atoms with Gasteiger partial charge in [0.05, 0.1) is 17.8 Å². The zero-order valence-corrected chi connectivity index (χ0v) is 16.7. The normalized spacial score (nSPS) is 10.7. The van der Waals surface area contributed by atoms with Crippen molar-refractivity contribution in [2.24, 2.45) is 0 Å². The second kappa shape index (κ2) is 8.16. The van der Waals surface area contributed by atoms with Gasteiger partial charge in [-0.2, -0.15) is 0 Å². The van der Waals surface area contributed by atoms with Crippen molar-refractivity contribution in [1.82, 2.24) is 19.7 Å². The molecule has 0 atom stereocenters. The molecule has 0 fully saturated rings. The highest BCUT2D eigenvalue weighted by molar-refractivity contribution is 6.06. The molecule has 30 heavy (non-hydrogen) atoms. The van der Waals surface area contributed by atoms with E-state index < -0.39 is 0 Å². The van der Waals surface area contributed by atoms with E-state index in [1.807, 2.05) is 50.2 Å². The first-order valence-electron chi connectivity index (χ1n) is 9.57. The minimum atomic E-state index is -0.386. The number of rotatable bonds is 5. The van der Waals surface area contributed by atoms with Gasteiger partial charge in [-0.25, -0.2) is 4.98 Å². The highest BCUT2D eigenvalue weighted by Crippen LogP contribution is 2.17. The molecule has 0 saturated carbocycles. The van der Waals surface area contributed by atoms with Crippen LogP contribution in [0.15, 0.2) is 67.0 Å². The number of aromatic nitrogens is 3. The first-order valence-corrected chi connectivity index (χ1v) is 9.57. The van der Waals surface area contributed by atoms with E-state index >= 15 is 0 Å². The molecule has 0 aliphatic heterocycles. The third kappa shape index (κ3) is 3.91. The van der Waals surface area contributed by atoms with Gasteiger partial charge in [-0.3, -0.25) is 19.0 Å². The van der Waals surface area contributed by atoms with E-state index in [1.54, 1.807) is 35.0 Å². The standard InChI is InChI=1S/C23H21N5O2/c1-15-9-10-17(13-16(15)2)26-23(30)21-27-20(19-8-4-6-12-28(19)21)22(29)25-14-18-7-3-5-11-24-18/h3-13H,14H2,1-2H3,(H,25,29)(H,26,30). The van der Waals surface area contributed by atoms with Gasteiger partial charge in [-0.05, 0) is 61.4 Å². The van der Waals surface area contributed by atoms with E-state index in [4.69, 9.17) is 0 Å². The molecular weight excluding hydrogens is 378 g/mol. The Bertz CT molecular complexity index is 1230. The predicted octanol–water partition coefficient (Wildman–Crippen LogP) is 3.53. The molecule has 1 aromatic carbocycles. The van der Waals surface area contributed by atoms with Gasteiger partial charge in [0.25, 0.3) is 11.8 Å². The Morgan fingerprint density at radius 1 is 0.967 bits per heavy atom. The third-order valence-electron chi connectivity index (χ3n) is 4.89. The Kier molecular flexibility index (Phi) is 5.26. The highest BCUT2D eigenvalue weighted by atomic mass is 16.2. The Morgan fingerprint density at radius 2 is 1.80 bits per heavy atom. The summed E-state index contributed by atoms with van der Waals surface area (Å²) < 4.78 is 1.62. The zero-order chi connectivity index (χ0) is 21.1. The number of nitrogens with one attached hydrogen (secondary N) is 2. The molecule has 4 rings (SSSR count). The quantitative estimate of drug-likeness (QED) is 0.537. The lowest BCUT2D eigenvalue weighted by Crippen LogP contribution is -2.24. The van der Waals surface area contributed by atoms with Gasteiger partial charge < -0.3 is 10.6 Å². The number of hydrogen-bond donors (Lipinski definition) is 2. The van der Waals surface area contributed by atoms with Crippen LogP contribution in [-0.4, -0.2) is 26.2 Å². The largest absolute Gasteiger partial charge is 0.345 e. The van der Waals surface area contributed by atoms with Gasteiger partial charge in [0.2, 0.25) is 5.82 Å². The van der Waals surface area contributed by atoms with E-state index in [0.29, 0.717) is 11.2 Å². The van der Waals surface area contributed by atoms with Crippen molar-refractivity contribution < 1.29 is 9.59 Å². The summed E-state index contributed by atoms with van der Waals surface area (Å²) in [6, 6.07) is 16.5. The maximum Gasteiger partial charge on any atom is 0.292 e. The Morgan fingerprint density at radius 3 is 2.57 bits per heavy atom. The molecule has 150 valence electrons. The van der Waals surface area contributed by atoms with Crippen molar-refractivity contribution in [1.29, 1.82) is 0 Å². The lowest BCUT2D eigenvalue weighted by Gasteiger charge is -2.07. The molecule has 7 heteroatoms. The van der Waals surface area contributed by atoms with Gasteiger partial charge >= 0.3 is 0 Å². The summed E-state index contributed by atoms with van der Waals surface area (Å²) in [5.74, 6) is -0.607. The average Bonchev–Trinajstić information content (AvgIpc) is 3.15. The van der Waals surface area contributed by atoms with E-state index in [9.17, 15) is 9.59 Å². The SMILES string of the molecule is Cc1ccc(NC(=O)c2nc(C(=O)NCc3ccccn3)c3ccccn23)cc1C. The first-order chi connectivity index (χ1) is 14.5. The van der Waals surface area contributed by atoms with Crippen molar-refractivity contribution in [3.63, 3.8) is 0 Å². The maximum atomic E-state index is 12.9. The van der Waals surface area contributed by atoms with Crippen molar-refractivity contribution in [2.45, 2.75) is 20.4 Å². The van der Waals surface area contributed by atoms with Crippen LogP contribution in [0.1, 0.15) is 37.9 Å². The molecule has 3 aromatic heterocycles. The number of fused-ring (bicyclic) bond motifs is 1. The second-order valence-corrected chi connectivity index (χ2v) is 7.00. The van der Waals surface area contributed by atoms with E-state index in [1.165, 1.54) is 0 Å². The molecule has 0 saturated heterocycles. The van der Waals surface area contributed by atoms with E-state index in [0.717, 1.165) is 16.8 Å². The summed E-state index contributed by atoms with van der Waals surface area (Å²) >= 11 is 0. The van der Waals surface area contributed by atoms with E-state index in [-0.39, 0.29) is 29.9 Å². The van der Waals surface area contributed by atoms with Crippen molar-refractivity contribution in [3.05, 3.63) is 95.3 Å². The molecule has 0 aliphatic rings. The summed E-state index contributed by atoms with van der Waals surface area (Å²) in [6.07, 6.45) is 3.38. The van der Waals surface area contributed by atoms with Gasteiger partial charge in [-0.15, -0.1) is 0 Å². The number of amides is 2. The monoisotopic (exact) mass is 399 g/mol. The summed E-state index contributed by atoms with van der Waals surface area (Å²) in [4.78, 5) is 34.2. The molecule has 2 N–H and O–H groups in total. The van der Waals surface area contributed by atoms with Crippen LogP contribution in [0.2, 0.25) is 0 Å². The van der Waals surface area contributed by atoms with Crippen LogP contribution < -0.4 is 10.6 Å². The number of carbonyl (C=O) groups excluding carboxylic acids is 2. The fraction of sp³-hybridized carbons (Fsp3) is 0.130. The van der Waals surface area contributed by atoms with Crippen LogP contribution in [0.5, 0.6) is 0 Å². The maximum absolute atomic E-state index is 12.9. The summed E-state index contributed by atoms with van der Waals surface area (Å²) in [7, 11) is 0.